The molecule has 0 radical (unpaired) electrons. The minimum Gasteiger partial charge on any atom is -0.493 e. The average Bonchev–Trinajstić information content (AvgIpc) is 3.02. The van der Waals surface area contributed by atoms with Gasteiger partial charge in [-0.05, 0) is 60.2 Å². The van der Waals surface area contributed by atoms with E-state index in [0.717, 1.165) is 11.8 Å². The molecule has 1 aliphatic heterocycles. The Morgan fingerprint density at radius 2 is 1.97 bits per heavy atom. The number of carboxylic acids is 2. The number of carboxylic acid groups (broad SMARTS) is 2. The van der Waals surface area contributed by atoms with Crippen LogP contribution in [0.2, 0.25) is 0 Å². The van der Waals surface area contributed by atoms with E-state index in [1.165, 1.54) is 18.1 Å². The van der Waals surface area contributed by atoms with Crippen molar-refractivity contribution in [1.82, 2.24) is 4.90 Å². The summed E-state index contributed by atoms with van der Waals surface area (Å²) in [6, 6.07) is 7.98. The third-order valence-corrected chi connectivity index (χ3v) is 6.42. The molecule has 1 aliphatic rings. The predicted molar refractivity (Wildman–Crippen MR) is 127 cm³/mol. The highest BCUT2D eigenvalue weighted by atomic mass is 79.9. The molecule has 0 spiro atoms. The number of aliphatic carboxylic acids is 1. The highest BCUT2D eigenvalue weighted by Gasteiger charge is 2.31. The standard InChI is InChI=1S/C22H19BrN2O7S/c1-11-13(21(29)30)5-4-6-15(11)24-22-25(2)20(28)18(33-22)8-12-7-16(31-3)17(9-14(12)23)32-10-19(26)27/h4-9H,10H2,1-3H3,(H,26,27)(H,29,30)/b18-8-,24-22?. The quantitative estimate of drug-likeness (QED) is 0.507. The summed E-state index contributed by atoms with van der Waals surface area (Å²) >= 11 is 4.56. The number of halogens is 1. The monoisotopic (exact) mass is 534 g/mol. The largest absolute Gasteiger partial charge is 0.493 e. The SMILES string of the molecule is COc1cc(/C=C2\SC(=Nc3cccc(C(=O)O)c3C)N(C)C2=O)c(Br)cc1OCC(=O)O. The number of methoxy groups -OCH3 is 1. The molecule has 0 aromatic heterocycles. The summed E-state index contributed by atoms with van der Waals surface area (Å²) in [5.41, 5.74) is 1.72. The molecule has 1 heterocycles. The second-order valence-electron chi connectivity index (χ2n) is 6.83. The van der Waals surface area contributed by atoms with E-state index < -0.39 is 18.5 Å². The molecule has 1 saturated heterocycles. The van der Waals surface area contributed by atoms with Gasteiger partial charge in [-0.1, -0.05) is 22.0 Å². The number of nitrogens with zero attached hydrogens (tertiary/aromatic N) is 2. The van der Waals surface area contributed by atoms with Crippen molar-refractivity contribution in [2.75, 3.05) is 20.8 Å². The normalized spacial score (nSPS) is 15.9. The molecule has 2 aromatic rings. The molecule has 3 rings (SSSR count). The number of hydrogen-bond acceptors (Lipinski definition) is 7. The predicted octanol–water partition coefficient (Wildman–Crippen LogP) is 4.16. The van der Waals surface area contributed by atoms with E-state index in [4.69, 9.17) is 14.6 Å². The number of amides is 1. The van der Waals surface area contributed by atoms with Crippen molar-refractivity contribution in [3.05, 3.63) is 56.4 Å². The molecule has 1 amide bonds. The molecule has 0 saturated carbocycles. The molecule has 33 heavy (non-hydrogen) atoms. The lowest BCUT2D eigenvalue weighted by molar-refractivity contribution is -0.139. The number of hydrogen-bond donors (Lipinski definition) is 2. The number of aliphatic imine (C=N–C) groups is 1. The number of rotatable bonds is 7. The zero-order valence-electron chi connectivity index (χ0n) is 17.8. The molecule has 0 unspecified atom stereocenters. The summed E-state index contributed by atoms with van der Waals surface area (Å²) in [5.74, 6) is -1.89. The van der Waals surface area contributed by atoms with Crippen molar-refractivity contribution in [3.63, 3.8) is 0 Å². The first kappa shape index (κ1) is 24.3. The molecular weight excluding hydrogens is 516 g/mol. The number of likely N-dealkylation sites (N-methyl/N-ethyl adjacent to an activating group) is 1. The highest BCUT2D eigenvalue weighted by Crippen LogP contribution is 2.38. The Bertz CT molecular complexity index is 1210. The van der Waals surface area contributed by atoms with Crippen molar-refractivity contribution in [2.45, 2.75) is 6.92 Å². The number of thioether (sulfide) groups is 1. The van der Waals surface area contributed by atoms with Gasteiger partial charge in [0.1, 0.15) is 0 Å². The van der Waals surface area contributed by atoms with E-state index in [0.29, 0.717) is 37.1 Å². The lowest BCUT2D eigenvalue weighted by atomic mass is 10.1. The molecule has 11 heteroatoms. The van der Waals surface area contributed by atoms with E-state index in [1.54, 1.807) is 44.3 Å². The molecule has 1 fully saturated rings. The van der Waals surface area contributed by atoms with Gasteiger partial charge in [0.15, 0.2) is 23.3 Å². The Kier molecular flexibility index (Phi) is 7.44. The lowest BCUT2D eigenvalue weighted by Gasteiger charge is -2.11. The Hall–Kier alpha value is -3.31. The molecule has 0 atom stereocenters. The molecule has 0 aliphatic carbocycles. The number of carbonyl (C=O) groups is 3. The van der Waals surface area contributed by atoms with Crippen molar-refractivity contribution < 1.29 is 34.1 Å². The fourth-order valence-corrected chi connectivity index (χ4v) is 4.35. The topological polar surface area (TPSA) is 126 Å². The number of benzene rings is 2. The van der Waals surface area contributed by atoms with Crippen molar-refractivity contribution in [2.24, 2.45) is 4.99 Å². The minimum atomic E-state index is -1.12. The van der Waals surface area contributed by atoms with Crippen LogP contribution in [0.4, 0.5) is 5.69 Å². The molecule has 172 valence electrons. The van der Waals surface area contributed by atoms with Crippen LogP contribution in [0.1, 0.15) is 21.5 Å². The summed E-state index contributed by atoms with van der Waals surface area (Å²) in [6.07, 6.45) is 1.65. The maximum atomic E-state index is 12.8. The molecular formula is C22H19BrN2O7S. The van der Waals surface area contributed by atoms with Gasteiger partial charge >= 0.3 is 11.9 Å². The van der Waals surface area contributed by atoms with Crippen molar-refractivity contribution in [3.8, 4) is 11.5 Å². The minimum absolute atomic E-state index is 0.144. The van der Waals surface area contributed by atoms with Crippen molar-refractivity contribution >= 4 is 62.5 Å². The number of carbonyl (C=O) groups excluding carboxylic acids is 1. The summed E-state index contributed by atoms with van der Waals surface area (Å²) in [6.45, 7) is 1.14. The van der Waals surface area contributed by atoms with Gasteiger partial charge in [0.25, 0.3) is 5.91 Å². The first-order chi connectivity index (χ1) is 15.6. The van der Waals surface area contributed by atoms with Gasteiger partial charge in [-0.25, -0.2) is 14.6 Å². The molecule has 2 aromatic carbocycles. The molecule has 9 nitrogen and oxygen atoms in total. The smallest absolute Gasteiger partial charge is 0.341 e. The average molecular weight is 535 g/mol. The van der Waals surface area contributed by atoms with E-state index in [-0.39, 0.29) is 17.2 Å². The number of amidine groups is 1. The second-order valence-corrected chi connectivity index (χ2v) is 8.69. The lowest BCUT2D eigenvalue weighted by Crippen LogP contribution is -2.23. The van der Waals surface area contributed by atoms with Gasteiger partial charge in [0.05, 0.1) is 23.3 Å². The number of aromatic carboxylic acids is 1. The van der Waals surface area contributed by atoms with E-state index in [9.17, 15) is 19.5 Å². The van der Waals surface area contributed by atoms with Crippen LogP contribution in [0, 0.1) is 6.92 Å². The van der Waals surface area contributed by atoms with E-state index >= 15 is 0 Å². The first-order valence-corrected chi connectivity index (χ1v) is 11.0. The fourth-order valence-electron chi connectivity index (χ4n) is 2.95. The summed E-state index contributed by atoms with van der Waals surface area (Å²) in [5, 5.41) is 18.5. The van der Waals surface area contributed by atoms with Gasteiger partial charge < -0.3 is 19.7 Å². The van der Waals surface area contributed by atoms with E-state index in [2.05, 4.69) is 20.9 Å². The van der Waals surface area contributed by atoms with Crippen LogP contribution in [0.15, 0.2) is 44.7 Å². The third kappa shape index (κ3) is 5.37. The Morgan fingerprint density at radius 1 is 1.24 bits per heavy atom. The Morgan fingerprint density at radius 3 is 2.61 bits per heavy atom. The second kappa shape index (κ2) is 10.1. The van der Waals surface area contributed by atoms with Crippen LogP contribution in [-0.2, 0) is 9.59 Å². The summed E-state index contributed by atoms with van der Waals surface area (Å²) < 4.78 is 11.1. The van der Waals surface area contributed by atoms with Gasteiger partial charge in [-0.15, -0.1) is 0 Å². The first-order valence-electron chi connectivity index (χ1n) is 9.43. The third-order valence-electron chi connectivity index (χ3n) is 4.68. The van der Waals surface area contributed by atoms with Crippen LogP contribution in [-0.4, -0.2) is 58.9 Å². The summed E-state index contributed by atoms with van der Waals surface area (Å²) in [7, 11) is 3.01. The van der Waals surface area contributed by atoms with Crippen LogP contribution in [0.25, 0.3) is 6.08 Å². The Labute approximate surface area is 201 Å². The molecule has 2 N–H and O–H groups in total. The maximum absolute atomic E-state index is 12.8. The van der Waals surface area contributed by atoms with Crippen molar-refractivity contribution in [1.29, 1.82) is 0 Å². The summed E-state index contributed by atoms with van der Waals surface area (Å²) in [4.78, 5) is 41.3. The zero-order valence-corrected chi connectivity index (χ0v) is 20.2. The van der Waals surface area contributed by atoms with Crippen LogP contribution in [0.3, 0.4) is 0 Å². The van der Waals surface area contributed by atoms with Gasteiger partial charge in [0, 0.05) is 11.5 Å². The fraction of sp³-hybridized carbons (Fsp3) is 0.182. The van der Waals surface area contributed by atoms with Gasteiger partial charge in [-0.2, -0.15) is 0 Å². The Balaban J connectivity index is 1.94. The van der Waals surface area contributed by atoms with Gasteiger partial charge in [0.2, 0.25) is 0 Å². The highest BCUT2D eigenvalue weighted by molar-refractivity contribution is 9.10. The van der Waals surface area contributed by atoms with Crippen LogP contribution in [0.5, 0.6) is 11.5 Å². The van der Waals surface area contributed by atoms with Crippen LogP contribution >= 0.6 is 27.7 Å². The number of ether oxygens (including phenoxy) is 2. The molecule has 0 bridgehead atoms. The van der Waals surface area contributed by atoms with Gasteiger partial charge in [-0.3, -0.25) is 9.69 Å². The van der Waals surface area contributed by atoms with Crippen LogP contribution < -0.4 is 9.47 Å². The van der Waals surface area contributed by atoms with E-state index in [1.807, 2.05) is 0 Å². The maximum Gasteiger partial charge on any atom is 0.341 e. The zero-order chi connectivity index (χ0) is 24.3.